The molecule has 0 aliphatic carbocycles. The van der Waals surface area contributed by atoms with Crippen molar-refractivity contribution in [3.63, 3.8) is 0 Å². The number of para-hydroxylation sites is 1. The Kier molecular flexibility index (Phi) is 4.42. The summed E-state index contributed by atoms with van der Waals surface area (Å²) in [5, 5.41) is 9.77. The van der Waals surface area contributed by atoms with Crippen LogP contribution in [-0.2, 0) is 0 Å². The number of halogens is 1. The number of hydrogen-bond donors (Lipinski definition) is 1. The van der Waals surface area contributed by atoms with Gasteiger partial charge in [-0.1, -0.05) is 18.2 Å². The molecule has 98 valence electrons. The van der Waals surface area contributed by atoms with Crippen LogP contribution < -0.4 is 4.74 Å². The standard InChI is InChI=1S/C15H14INO2/c1-10-5-3-4-6-13(10)17-9-11-7-12(16)15(18)14(8-11)19-2/h3-9,18H,1-2H3. The molecule has 0 aliphatic heterocycles. The van der Waals surface area contributed by atoms with Crippen LogP contribution in [0.3, 0.4) is 0 Å². The van der Waals surface area contributed by atoms with Gasteiger partial charge in [0, 0.05) is 6.21 Å². The lowest BCUT2D eigenvalue weighted by Crippen LogP contribution is -1.90. The van der Waals surface area contributed by atoms with Gasteiger partial charge in [0.05, 0.1) is 16.4 Å². The minimum atomic E-state index is 0.163. The van der Waals surface area contributed by atoms with Crippen molar-refractivity contribution in [2.24, 2.45) is 4.99 Å². The van der Waals surface area contributed by atoms with Gasteiger partial charge in [0.15, 0.2) is 11.5 Å². The van der Waals surface area contributed by atoms with Crippen LogP contribution in [0.5, 0.6) is 11.5 Å². The van der Waals surface area contributed by atoms with Crippen LogP contribution in [0.1, 0.15) is 11.1 Å². The molecule has 2 aromatic rings. The molecule has 0 spiro atoms. The molecular weight excluding hydrogens is 353 g/mol. The van der Waals surface area contributed by atoms with Crippen molar-refractivity contribution in [2.75, 3.05) is 7.11 Å². The van der Waals surface area contributed by atoms with Crippen LogP contribution in [-0.4, -0.2) is 18.4 Å². The number of ether oxygens (including phenoxy) is 1. The van der Waals surface area contributed by atoms with E-state index in [1.165, 1.54) is 7.11 Å². The fourth-order valence-corrected chi connectivity index (χ4v) is 2.30. The minimum absolute atomic E-state index is 0.163. The predicted octanol–water partition coefficient (Wildman–Crippen LogP) is 4.06. The van der Waals surface area contributed by atoms with Gasteiger partial charge < -0.3 is 9.84 Å². The summed E-state index contributed by atoms with van der Waals surface area (Å²) < 4.78 is 5.86. The zero-order chi connectivity index (χ0) is 13.8. The van der Waals surface area contributed by atoms with E-state index in [9.17, 15) is 5.11 Å². The molecule has 2 rings (SSSR count). The molecule has 4 heteroatoms. The normalized spacial score (nSPS) is 10.9. The fourth-order valence-electron chi connectivity index (χ4n) is 1.68. The number of phenolic OH excluding ortho intramolecular Hbond substituents is 1. The Morgan fingerprint density at radius 3 is 2.68 bits per heavy atom. The van der Waals surface area contributed by atoms with Gasteiger partial charge in [-0.15, -0.1) is 0 Å². The Bertz CT molecular complexity index is 624. The number of benzene rings is 2. The van der Waals surface area contributed by atoms with Crippen molar-refractivity contribution in [2.45, 2.75) is 6.92 Å². The second kappa shape index (κ2) is 6.06. The number of methoxy groups -OCH3 is 1. The summed E-state index contributed by atoms with van der Waals surface area (Å²) in [6.07, 6.45) is 1.77. The SMILES string of the molecule is COc1cc(C=Nc2ccccc2C)cc(I)c1O. The van der Waals surface area contributed by atoms with Crippen LogP contribution in [0.4, 0.5) is 5.69 Å². The highest BCUT2D eigenvalue weighted by molar-refractivity contribution is 14.1. The van der Waals surface area contributed by atoms with E-state index in [0.717, 1.165) is 20.4 Å². The Morgan fingerprint density at radius 2 is 2.00 bits per heavy atom. The number of aryl methyl sites for hydroxylation is 1. The van der Waals surface area contributed by atoms with Gasteiger partial charge in [-0.2, -0.15) is 0 Å². The number of rotatable bonds is 3. The molecule has 0 bridgehead atoms. The van der Waals surface area contributed by atoms with Gasteiger partial charge in [-0.05, 0) is 58.8 Å². The first-order chi connectivity index (χ1) is 9.11. The minimum Gasteiger partial charge on any atom is -0.504 e. The number of hydrogen-bond acceptors (Lipinski definition) is 3. The smallest absolute Gasteiger partial charge is 0.171 e. The van der Waals surface area contributed by atoms with E-state index in [4.69, 9.17) is 4.74 Å². The molecule has 0 saturated carbocycles. The zero-order valence-corrected chi connectivity index (χ0v) is 12.9. The maximum absolute atomic E-state index is 9.77. The van der Waals surface area contributed by atoms with Crippen LogP contribution in [0.2, 0.25) is 0 Å². The van der Waals surface area contributed by atoms with E-state index in [1.807, 2.05) is 37.3 Å². The van der Waals surface area contributed by atoms with Crippen molar-refractivity contribution in [3.05, 3.63) is 51.1 Å². The van der Waals surface area contributed by atoms with E-state index in [2.05, 4.69) is 27.6 Å². The third kappa shape index (κ3) is 3.26. The van der Waals surface area contributed by atoms with Gasteiger partial charge in [-0.3, -0.25) is 4.99 Å². The van der Waals surface area contributed by atoms with E-state index < -0.39 is 0 Å². The molecule has 2 aromatic carbocycles. The molecule has 0 saturated heterocycles. The van der Waals surface area contributed by atoms with Crippen molar-refractivity contribution >= 4 is 34.5 Å². The highest BCUT2D eigenvalue weighted by Gasteiger charge is 2.07. The average Bonchev–Trinajstić information content (AvgIpc) is 2.41. The highest BCUT2D eigenvalue weighted by atomic mass is 127. The maximum Gasteiger partial charge on any atom is 0.171 e. The Labute approximate surface area is 126 Å². The maximum atomic E-state index is 9.77. The summed E-state index contributed by atoms with van der Waals surface area (Å²) in [5.41, 5.74) is 2.95. The monoisotopic (exact) mass is 367 g/mol. The van der Waals surface area contributed by atoms with Crippen LogP contribution in [0.25, 0.3) is 0 Å². The Balaban J connectivity index is 2.34. The van der Waals surface area contributed by atoms with E-state index in [1.54, 1.807) is 12.3 Å². The Morgan fingerprint density at radius 1 is 1.26 bits per heavy atom. The molecule has 0 aliphatic rings. The molecule has 0 atom stereocenters. The van der Waals surface area contributed by atoms with Gasteiger partial charge >= 0.3 is 0 Å². The number of aliphatic imine (C=N–C) groups is 1. The van der Waals surface area contributed by atoms with E-state index in [-0.39, 0.29) is 5.75 Å². The third-order valence-corrected chi connectivity index (χ3v) is 3.56. The van der Waals surface area contributed by atoms with E-state index in [0.29, 0.717) is 5.75 Å². The zero-order valence-electron chi connectivity index (χ0n) is 10.7. The lowest BCUT2D eigenvalue weighted by atomic mass is 10.2. The quantitative estimate of drug-likeness (QED) is 0.657. The lowest BCUT2D eigenvalue weighted by Gasteiger charge is -2.06. The van der Waals surface area contributed by atoms with Crippen LogP contribution >= 0.6 is 22.6 Å². The predicted molar refractivity (Wildman–Crippen MR) is 85.8 cm³/mol. The first-order valence-electron chi connectivity index (χ1n) is 5.78. The molecular formula is C15H14INO2. The molecule has 0 amide bonds. The second-order valence-electron chi connectivity index (χ2n) is 4.10. The first-order valence-corrected chi connectivity index (χ1v) is 6.86. The van der Waals surface area contributed by atoms with Gasteiger partial charge in [0.2, 0.25) is 0 Å². The molecule has 3 nitrogen and oxygen atoms in total. The first kappa shape index (κ1) is 13.9. The van der Waals surface area contributed by atoms with Gasteiger partial charge in [-0.25, -0.2) is 0 Å². The third-order valence-electron chi connectivity index (χ3n) is 2.74. The van der Waals surface area contributed by atoms with Crippen molar-refractivity contribution in [3.8, 4) is 11.5 Å². The average molecular weight is 367 g/mol. The Hall–Kier alpha value is -1.56. The molecule has 0 aromatic heterocycles. The van der Waals surface area contributed by atoms with Gasteiger partial charge in [0.1, 0.15) is 0 Å². The number of nitrogens with zero attached hydrogens (tertiary/aromatic N) is 1. The largest absolute Gasteiger partial charge is 0.504 e. The van der Waals surface area contributed by atoms with Crippen LogP contribution in [0.15, 0.2) is 41.4 Å². The molecule has 0 heterocycles. The summed E-state index contributed by atoms with van der Waals surface area (Å²) in [4.78, 5) is 4.46. The van der Waals surface area contributed by atoms with Gasteiger partial charge in [0.25, 0.3) is 0 Å². The number of aromatic hydroxyl groups is 1. The molecule has 1 N–H and O–H groups in total. The van der Waals surface area contributed by atoms with Crippen molar-refractivity contribution in [1.82, 2.24) is 0 Å². The summed E-state index contributed by atoms with van der Waals surface area (Å²) in [7, 11) is 1.54. The summed E-state index contributed by atoms with van der Waals surface area (Å²) in [6.45, 7) is 2.02. The number of phenols is 1. The van der Waals surface area contributed by atoms with E-state index >= 15 is 0 Å². The summed E-state index contributed by atoms with van der Waals surface area (Å²) in [5.74, 6) is 0.620. The summed E-state index contributed by atoms with van der Waals surface area (Å²) in [6, 6.07) is 11.6. The highest BCUT2D eigenvalue weighted by Crippen LogP contribution is 2.32. The molecule has 0 unspecified atom stereocenters. The lowest BCUT2D eigenvalue weighted by molar-refractivity contribution is 0.371. The van der Waals surface area contributed by atoms with Crippen LogP contribution in [0, 0.1) is 10.5 Å². The summed E-state index contributed by atoms with van der Waals surface area (Å²) >= 11 is 2.07. The second-order valence-corrected chi connectivity index (χ2v) is 5.26. The molecule has 0 radical (unpaired) electrons. The van der Waals surface area contributed by atoms with Crippen molar-refractivity contribution in [1.29, 1.82) is 0 Å². The molecule has 19 heavy (non-hydrogen) atoms. The van der Waals surface area contributed by atoms with Crippen molar-refractivity contribution < 1.29 is 9.84 Å². The topological polar surface area (TPSA) is 41.8 Å². The fraction of sp³-hybridized carbons (Fsp3) is 0.133. The molecule has 0 fully saturated rings.